The molecule has 0 atom stereocenters. The van der Waals surface area contributed by atoms with Gasteiger partial charge in [0.1, 0.15) is 0 Å². The van der Waals surface area contributed by atoms with Gasteiger partial charge >= 0.3 is 0 Å². The summed E-state index contributed by atoms with van der Waals surface area (Å²) in [5.74, 6) is -0.0686. The average molecular weight is 341 g/mol. The third-order valence-electron chi connectivity index (χ3n) is 5.06. The number of hydrogen-bond acceptors (Lipinski definition) is 1. The van der Waals surface area contributed by atoms with Crippen LogP contribution in [0.1, 0.15) is 47.8 Å². The topological polar surface area (TPSA) is 29.1 Å². The summed E-state index contributed by atoms with van der Waals surface area (Å²) >= 11 is 0. The first kappa shape index (κ1) is 16.6. The Morgan fingerprint density at radius 3 is 2.27 bits per heavy atom. The average Bonchev–Trinajstić information content (AvgIpc) is 2.98. The van der Waals surface area contributed by atoms with Crippen molar-refractivity contribution >= 4 is 11.6 Å². The summed E-state index contributed by atoms with van der Waals surface area (Å²) in [7, 11) is 0. The Balaban J connectivity index is 1.53. The van der Waals surface area contributed by atoms with Crippen molar-refractivity contribution in [2.24, 2.45) is 0 Å². The van der Waals surface area contributed by atoms with Crippen LogP contribution in [0.3, 0.4) is 0 Å². The molecule has 3 aromatic rings. The molecule has 2 nitrogen and oxygen atoms in total. The molecule has 2 heteroatoms. The van der Waals surface area contributed by atoms with E-state index in [1.807, 2.05) is 30.3 Å². The SMILES string of the molecule is CC(C)(C)c1ccc(C(=O)Nc2ccc3c(c2)Cc2ccccc2-3)cc1. The predicted molar refractivity (Wildman–Crippen MR) is 108 cm³/mol. The lowest BCUT2D eigenvalue weighted by Gasteiger charge is -2.19. The molecule has 1 N–H and O–H groups in total. The third-order valence-corrected chi connectivity index (χ3v) is 5.06. The maximum Gasteiger partial charge on any atom is 0.255 e. The minimum absolute atomic E-state index is 0.0686. The molecule has 0 aliphatic heterocycles. The molecule has 1 aliphatic carbocycles. The van der Waals surface area contributed by atoms with Gasteiger partial charge in [-0.25, -0.2) is 0 Å². The van der Waals surface area contributed by atoms with Gasteiger partial charge < -0.3 is 5.32 Å². The Morgan fingerprint density at radius 2 is 1.54 bits per heavy atom. The van der Waals surface area contributed by atoms with Gasteiger partial charge in [-0.05, 0) is 63.9 Å². The number of carbonyl (C=O) groups excluding carboxylic acids is 1. The number of fused-ring (bicyclic) bond motifs is 3. The number of nitrogens with one attached hydrogen (secondary N) is 1. The molecule has 0 heterocycles. The van der Waals surface area contributed by atoms with Crippen LogP contribution in [-0.4, -0.2) is 5.91 Å². The van der Waals surface area contributed by atoms with Crippen molar-refractivity contribution in [1.82, 2.24) is 0 Å². The lowest BCUT2D eigenvalue weighted by Crippen LogP contribution is -2.14. The monoisotopic (exact) mass is 341 g/mol. The largest absolute Gasteiger partial charge is 0.322 e. The van der Waals surface area contributed by atoms with Crippen LogP contribution in [0.2, 0.25) is 0 Å². The van der Waals surface area contributed by atoms with Gasteiger partial charge in [-0.1, -0.05) is 63.2 Å². The van der Waals surface area contributed by atoms with E-state index in [1.165, 1.54) is 27.8 Å². The first-order valence-corrected chi connectivity index (χ1v) is 9.05. The second-order valence-electron chi connectivity index (χ2n) is 7.99. The minimum Gasteiger partial charge on any atom is -0.322 e. The second kappa shape index (κ2) is 6.14. The summed E-state index contributed by atoms with van der Waals surface area (Å²) in [6.45, 7) is 6.51. The van der Waals surface area contributed by atoms with Gasteiger partial charge in [0.15, 0.2) is 0 Å². The van der Waals surface area contributed by atoms with Crippen molar-refractivity contribution in [2.45, 2.75) is 32.6 Å². The molecule has 130 valence electrons. The molecule has 1 aliphatic rings. The highest BCUT2D eigenvalue weighted by molar-refractivity contribution is 6.04. The minimum atomic E-state index is -0.0686. The van der Waals surface area contributed by atoms with E-state index in [9.17, 15) is 4.79 Å². The fourth-order valence-electron chi connectivity index (χ4n) is 3.55. The molecule has 0 fully saturated rings. The fourth-order valence-corrected chi connectivity index (χ4v) is 3.55. The van der Waals surface area contributed by atoms with Gasteiger partial charge in [-0.15, -0.1) is 0 Å². The molecule has 0 radical (unpaired) electrons. The lowest BCUT2D eigenvalue weighted by atomic mass is 9.87. The Morgan fingerprint density at radius 1 is 0.846 bits per heavy atom. The highest BCUT2D eigenvalue weighted by atomic mass is 16.1. The van der Waals surface area contributed by atoms with Crippen molar-refractivity contribution in [2.75, 3.05) is 5.32 Å². The van der Waals surface area contributed by atoms with Gasteiger partial charge in [0.2, 0.25) is 0 Å². The third kappa shape index (κ3) is 3.03. The van der Waals surface area contributed by atoms with Crippen LogP contribution in [0.4, 0.5) is 5.69 Å². The molecular weight excluding hydrogens is 318 g/mol. The standard InChI is InChI=1S/C24H23NO/c1-24(2,3)19-10-8-16(9-11-19)23(26)25-20-12-13-22-18(15-20)14-17-6-4-5-7-21(17)22/h4-13,15H,14H2,1-3H3,(H,25,26). The van der Waals surface area contributed by atoms with Crippen LogP contribution in [-0.2, 0) is 11.8 Å². The molecule has 26 heavy (non-hydrogen) atoms. The van der Waals surface area contributed by atoms with Gasteiger partial charge in [-0.3, -0.25) is 4.79 Å². The van der Waals surface area contributed by atoms with Crippen LogP contribution >= 0.6 is 0 Å². The number of amides is 1. The molecule has 0 spiro atoms. The van der Waals surface area contributed by atoms with E-state index in [0.717, 1.165) is 12.1 Å². The highest BCUT2D eigenvalue weighted by Crippen LogP contribution is 2.37. The Hall–Kier alpha value is -2.87. The maximum absolute atomic E-state index is 12.6. The molecule has 3 aromatic carbocycles. The number of hydrogen-bond donors (Lipinski definition) is 1. The van der Waals surface area contributed by atoms with Crippen LogP contribution in [0, 0.1) is 0 Å². The van der Waals surface area contributed by atoms with Crippen LogP contribution in [0.5, 0.6) is 0 Å². The summed E-state index contributed by atoms with van der Waals surface area (Å²) in [6.07, 6.45) is 0.926. The van der Waals surface area contributed by atoms with Gasteiger partial charge in [0.25, 0.3) is 5.91 Å². The van der Waals surface area contributed by atoms with E-state index in [-0.39, 0.29) is 11.3 Å². The quantitative estimate of drug-likeness (QED) is 0.490. The van der Waals surface area contributed by atoms with Crippen molar-refractivity contribution in [3.8, 4) is 11.1 Å². The van der Waals surface area contributed by atoms with Crippen LogP contribution < -0.4 is 5.32 Å². The Labute approximate surface area is 154 Å². The number of carbonyl (C=O) groups is 1. The summed E-state index contributed by atoms with van der Waals surface area (Å²) in [5, 5.41) is 3.03. The number of anilines is 1. The summed E-state index contributed by atoms with van der Waals surface area (Å²) in [6, 6.07) is 22.6. The molecular formula is C24H23NO. The van der Waals surface area contributed by atoms with Crippen molar-refractivity contribution in [3.05, 3.63) is 89.0 Å². The van der Waals surface area contributed by atoms with E-state index in [1.54, 1.807) is 0 Å². The summed E-state index contributed by atoms with van der Waals surface area (Å²) in [4.78, 5) is 12.6. The fraction of sp³-hybridized carbons (Fsp3) is 0.208. The van der Waals surface area contributed by atoms with E-state index >= 15 is 0 Å². The molecule has 1 amide bonds. The zero-order valence-electron chi connectivity index (χ0n) is 15.5. The summed E-state index contributed by atoms with van der Waals surface area (Å²) in [5.41, 5.74) is 8.04. The molecule has 0 saturated carbocycles. The van der Waals surface area contributed by atoms with Gasteiger partial charge in [0, 0.05) is 11.3 Å². The lowest BCUT2D eigenvalue weighted by molar-refractivity contribution is 0.102. The highest BCUT2D eigenvalue weighted by Gasteiger charge is 2.19. The van der Waals surface area contributed by atoms with Crippen molar-refractivity contribution < 1.29 is 4.79 Å². The first-order chi connectivity index (χ1) is 12.4. The molecule has 0 aromatic heterocycles. The van der Waals surface area contributed by atoms with Gasteiger partial charge in [-0.2, -0.15) is 0 Å². The zero-order chi connectivity index (χ0) is 18.3. The maximum atomic E-state index is 12.6. The van der Waals surface area contributed by atoms with E-state index in [4.69, 9.17) is 0 Å². The van der Waals surface area contributed by atoms with Crippen LogP contribution in [0.25, 0.3) is 11.1 Å². The van der Waals surface area contributed by atoms with E-state index < -0.39 is 0 Å². The predicted octanol–water partition coefficient (Wildman–Crippen LogP) is 5.81. The molecule has 4 rings (SSSR count). The molecule has 0 bridgehead atoms. The number of benzene rings is 3. The summed E-state index contributed by atoms with van der Waals surface area (Å²) < 4.78 is 0. The Kier molecular flexibility index (Phi) is 3.91. The normalized spacial score (nSPS) is 12.4. The second-order valence-corrected chi connectivity index (χ2v) is 7.99. The zero-order valence-corrected chi connectivity index (χ0v) is 15.5. The van der Waals surface area contributed by atoms with E-state index in [2.05, 4.69) is 62.5 Å². The van der Waals surface area contributed by atoms with Crippen LogP contribution in [0.15, 0.2) is 66.7 Å². The van der Waals surface area contributed by atoms with Crippen molar-refractivity contribution in [3.63, 3.8) is 0 Å². The smallest absolute Gasteiger partial charge is 0.255 e. The van der Waals surface area contributed by atoms with Gasteiger partial charge in [0.05, 0.1) is 0 Å². The van der Waals surface area contributed by atoms with E-state index in [0.29, 0.717) is 5.56 Å². The Bertz CT molecular complexity index is 978. The number of rotatable bonds is 2. The molecule has 0 unspecified atom stereocenters. The van der Waals surface area contributed by atoms with Crippen molar-refractivity contribution in [1.29, 1.82) is 0 Å². The first-order valence-electron chi connectivity index (χ1n) is 9.05. The molecule has 0 saturated heterocycles.